The number of rotatable bonds is 7. The number of hydrogen-bond donors (Lipinski definition) is 1. The zero-order valence-corrected chi connectivity index (χ0v) is 19.1. The molecule has 1 saturated heterocycles. The maximum atomic E-state index is 6.47. The van der Waals surface area contributed by atoms with Gasteiger partial charge in [-0.3, -0.25) is 9.98 Å². The van der Waals surface area contributed by atoms with Crippen molar-refractivity contribution in [3.63, 3.8) is 0 Å². The number of hydrogen-bond acceptors (Lipinski definition) is 8. The molecule has 1 aliphatic carbocycles. The van der Waals surface area contributed by atoms with Crippen molar-refractivity contribution in [3.8, 4) is 5.75 Å². The Morgan fingerprint density at radius 1 is 1.19 bits per heavy atom. The smallest absolute Gasteiger partial charge is 0.222 e. The normalized spacial score (nSPS) is 21.5. The Morgan fingerprint density at radius 3 is 2.56 bits per heavy atom. The summed E-state index contributed by atoms with van der Waals surface area (Å²) in [4.78, 5) is 19.5. The number of anilines is 2. The SMILES string of the molecule is C=Nc1c(/N=C\C)cc(N2CCOCC2)cc1O[C@H]1CC[C@@H](Nc2ncc(Cl)cn2)CC1. The highest BCUT2D eigenvalue weighted by Crippen LogP contribution is 2.43. The van der Waals surface area contributed by atoms with Crippen LogP contribution in [0.2, 0.25) is 5.02 Å². The lowest BCUT2D eigenvalue weighted by atomic mass is 9.93. The first kappa shape index (κ1) is 22.5. The van der Waals surface area contributed by atoms with Crippen LogP contribution in [0.3, 0.4) is 0 Å². The topological polar surface area (TPSA) is 84.2 Å². The zero-order valence-electron chi connectivity index (χ0n) is 18.3. The molecule has 2 heterocycles. The first-order chi connectivity index (χ1) is 15.7. The molecule has 1 saturated carbocycles. The zero-order chi connectivity index (χ0) is 22.3. The second-order valence-electron chi connectivity index (χ2n) is 7.92. The van der Waals surface area contributed by atoms with Gasteiger partial charge in [-0.2, -0.15) is 0 Å². The van der Waals surface area contributed by atoms with E-state index in [2.05, 4.69) is 49.0 Å². The predicted molar refractivity (Wildman–Crippen MR) is 130 cm³/mol. The molecule has 0 spiro atoms. The first-order valence-electron chi connectivity index (χ1n) is 11.0. The van der Waals surface area contributed by atoms with Gasteiger partial charge in [0, 0.05) is 37.1 Å². The molecule has 0 amide bonds. The number of nitrogens with one attached hydrogen (secondary N) is 1. The molecule has 9 heteroatoms. The van der Waals surface area contributed by atoms with Gasteiger partial charge in [0.2, 0.25) is 5.95 Å². The molecule has 4 rings (SSSR count). The molecule has 8 nitrogen and oxygen atoms in total. The molecule has 0 unspecified atom stereocenters. The molecule has 1 N–H and O–H groups in total. The van der Waals surface area contributed by atoms with Crippen molar-refractivity contribution in [1.29, 1.82) is 0 Å². The summed E-state index contributed by atoms with van der Waals surface area (Å²) in [6, 6.07) is 4.43. The maximum absolute atomic E-state index is 6.47. The number of aliphatic imine (C=N–C) groups is 2. The highest BCUT2D eigenvalue weighted by molar-refractivity contribution is 6.30. The summed E-state index contributed by atoms with van der Waals surface area (Å²) in [5.41, 5.74) is 2.54. The third-order valence-corrected chi connectivity index (χ3v) is 5.96. The third-order valence-electron chi connectivity index (χ3n) is 5.76. The van der Waals surface area contributed by atoms with Gasteiger partial charge in [0.1, 0.15) is 11.4 Å². The molecule has 2 aliphatic rings. The van der Waals surface area contributed by atoms with Crippen LogP contribution in [0.15, 0.2) is 34.5 Å². The fourth-order valence-electron chi connectivity index (χ4n) is 4.14. The van der Waals surface area contributed by atoms with E-state index in [1.54, 1.807) is 18.6 Å². The van der Waals surface area contributed by atoms with Gasteiger partial charge < -0.3 is 19.7 Å². The molecular formula is C23H29ClN6O2. The third kappa shape index (κ3) is 5.55. The number of ether oxygens (including phenoxy) is 2. The van der Waals surface area contributed by atoms with E-state index in [4.69, 9.17) is 21.1 Å². The quantitative estimate of drug-likeness (QED) is 0.601. The van der Waals surface area contributed by atoms with E-state index in [0.29, 0.717) is 22.7 Å². The highest BCUT2D eigenvalue weighted by atomic mass is 35.5. The van der Waals surface area contributed by atoms with Crippen molar-refractivity contribution in [2.45, 2.75) is 44.8 Å². The highest BCUT2D eigenvalue weighted by Gasteiger charge is 2.25. The molecule has 0 bridgehead atoms. The monoisotopic (exact) mass is 456 g/mol. The van der Waals surface area contributed by atoms with Crippen LogP contribution in [0.4, 0.5) is 23.0 Å². The fourth-order valence-corrected chi connectivity index (χ4v) is 4.24. The maximum Gasteiger partial charge on any atom is 0.222 e. The van der Waals surface area contributed by atoms with E-state index in [1.165, 1.54) is 0 Å². The molecule has 2 aromatic rings. The van der Waals surface area contributed by atoms with Gasteiger partial charge in [-0.15, -0.1) is 0 Å². The lowest BCUT2D eigenvalue weighted by Gasteiger charge is -2.32. The molecule has 2 fully saturated rings. The summed E-state index contributed by atoms with van der Waals surface area (Å²) in [7, 11) is 0. The van der Waals surface area contributed by atoms with Gasteiger partial charge >= 0.3 is 0 Å². The molecule has 0 radical (unpaired) electrons. The minimum absolute atomic E-state index is 0.109. The van der Waals surface area contributed by atoms with Crippen molar-refractivity contribution < 1.29 is 9.47 Å². The molecular weight excluding hydrogens is 428 g/mol. The van der Waals surface area contributed by atoms with Crippen molar-refractivity contribution in [2.24, 2.45) is 9.98 Å². The van der Waals surface area contributed by atoms with E-state index >= 15 is 0 Å². The number of nitrogens with zero attached hydrogens (tertiary/aromatic N) is 5. The number of halogens is 1. The number of morpholine rings is 1. The minimum Gasteiger partial charge on any atom is -0.488 e. The van der Waals surface area contributed by atoms with Gasteiger partial charge in [-0.05, 0) is 45.4 Å². The van der Waals surface area contributed by atoms with Crippen LogP contribution in [0, 0.1) is 0 Å². The Kier molecular flexibility index (Phi) is 7.55. The summed E-state index contributed by atoms with van der Waals surface area (Å²) in [5, 5.41) is 3.92. The van der Waals surface area contributed by atoms with Gasteiger partial charge in [-0.25, -0.2) is 9.97 Å². The van der Waals surface area contributed by atoms with Gasteiger partial charge in [0.25, 0.3) is 0 Å². The van der Waals surface area contributed by atoms with Gasteiger partial charge in [0.05, 0.1) is 42.4 Å². The van der Waals surface area contributed by atoms with Crippen molar-refractivity contribution in [3.05, 3.63) is 29.5 Å². The predicted octanol–water partition coefficient (Wildman–Crippen LogP) is 4.82. The largest absolute Gasteiger partial charge is 0.488 e. The summed E-state index contributed by atoms with van der Waals surface area (Å²) >= 11 is 5.87. The van der Waals surface area contributed by atoms with Crippen molar-refractivity contribution >= 4 is 47.5 Å². The van der Waals surface area contributed by atoms with Gasteiger partial charge in [-0.1, -0.05) is 11.6 Å². The second-order valence-corrected chi connectivity index (χ2v) is 8.35. The van der Waals surface area contributed by atoms with E-state index in [-0.39, 0.29) is 6.10 Å². The summed E-state index contributed by atoms with van der Waals surface area (Å²) < 4.78 is 12.0. The number of benzene rings is 1. The van der Waals surface area contributed by atoms with Crippen LogP contribution >= 0.6 is 11.6 Å². The van der Waals surface area contributed by atoms with E-state index in [1.807, 2.05) is 6.92 Å². The first-order valence-corrected chi connectivity index (χ1v) is 11.4. The average molecular weight is 457 g/mol. The minimum atomic E-state index is 0.109. The van der Waals surface area contributed by atoms with Crippen LogP contribution in [0.25, 0.3) is 0 Å². The molecule has 0 atom stereocenters. The number of aromatic nitrogens is 2. The second kappa shape index (κ2) is 10.7. The van der Waals surface area contributed by atoms with E-state index in [0.717, 1.165) is 69.1 Å². The molecule has 170 valence electrons. The Labute approximate surface area is 193 Å². The molecule has 1 aromatic carbocycles. The van der Waals surface area contributed by atoms with Crippen molar-refractivity contribution in [1.82, 2.24) is 9.97 Å². The molecule has 1 aromatic heterocycles. The van der Waals surface area contributed by atoms with Crippen LogP contribution in [0.1, 0.15) is 32.6 Å². The van der Waals surface area contributed by atoms with Crippen LogP contribution in [0.5, 0.6) is 5.75 Å². The summed E-state index contributed by atoms with van der Waals surface area (Å²) in [5.74, 6) is 1.35. The lowest BCUT2D eigenvalue weighted by molar-refractivity contribution is 0.122. The van der Waals surface area contributed by atoms with Crippen LogP contribution in [-0.2, 0) is 4.74 Å². The van der Waals surface area contributed by atoms with Crippen molar-refractivity contribution in [2.75, 3.05) is 36.5 Å². The Hall–Kier alpha value is -2.71. The van der Waals surface area contributed by atoms with Crippen LogP contribution < -0.4 is 15.0 Å². The van der Waals surface area contributed by atoms with Gasteiger partial charge in [0.15, 0.2) is 0 Å². The fraction of sp³-hybridized carbons (Fsp3) is 0.478. The standard InChI is InChI=1S/C23H29ClN6O2/c1-3-26-20-12-18(30-8-10-31-11-9-30)13-21(22(20)25-2)32-19-6-4-17(5-7-19)29-23-27-14-16(24)15-28-23/h3,12-15,17,19H,2,4-11H2,1H3,(H,27,28,29)/b26-3-/t17-,19+. The average Bonchev–Trinajstić information content (AvgIpc) is 2.82. The summed E-state index contributed by atoms with van der Waals surface area (Å²) in [6.45, 7) is 8.79. The molecule has 1 aliphatic heterocycles. The Morgan fingerprint density at radius 2 is 1.91 bits per heavy atom. The van der Waals surface area contributed by atoms with Crippen LogP contribution in [-0.4, -0.2) is 61.3 Å². The Bertz CT molecular complexity index is 938. The van der Waals surface area contributed by atoms with E-state index in [9.17, 15) is 0 Å². The molecule has 32 heavy (non-hydrogen) atoms. The lowest BCUT2D eigenvalue weighted by Crippen LogP contribution is -2.36. The Balaban J connectivity index is 1.45. The summed E-state index contributed by atoms with van der Waals surface area (Å²) in [6.07, 6.45) is 8.88. The van der Waals surface area contributed by atoms with E-state index < -0.39 is 0 Å².